The molecule has 0 atom stereocenters. The second kappa shape index (κ2) is 9.50. The minimum Gasteiger partial charge on any atom is -0.465 e. The fourth-order valence-electron chi connectivity index (χ4n) is 2.59. The first kappa shape index (κ1) is 20.8. The van der Waals surface area contributed by atoms with Gasteiger partial charge < -0.3 is 19.2 Å². The Bertz CT molecular complexity index is 978. The fourth-order valence-corrected chi connectivity index (χ4v) is 4.04. The largest absolute Gasteiger partial charge is 0.465 e. The lowest BCUT2D eigenvalue weighted by Crippen LogP contribution is -2.40. The van der Waals surface area contributed by atoms with Crippen LogP contribution >= 0.6 is 0 Å². The number of hydrogen-bond acceptors (Lipinski definition) is 7. The Balaban J connectivity index is 1.55. The molecule has 1 saturated heterocycles. The molecule has 1 N–H and O–H groups in total. The highest BCUT2D eigenvalue weighted by molar-refractivity contribution is 7.89. The fraction of sp³-hybridized carbons (Fsp3) is 0.263. The number of amides is 1. The molecule has 0 saturated carbocycles. The van der Waals surface area contributed by atoms with Crippen LogP contribution in [0.4, 0.5) is 5.69 Å². The van der Waals surface area contributed by atoms with Crippen LogP contribution in [-0.4, -0.2) is 57.5 Å². The van der Waals surface area contributed by atoms with Gasteiger partial charge in [0.15, 0.2) is 6.61 Å². The number of anilines is 1. The normalized spacial score (nSPS) is 15.3. The van der Waals surface area contributed by atoms with Crippen molar-refractivity contribution in [2.24, 2.45) is 0 Å². The maximum Gasteiger partial charge on any atom is 0.331 e. The summed E-state index contributed by atoms with van der Waals surface area (Å²) in [5.41, 5.74) is 0.284. The van der Waals surface area contributed by atoms with Gasteiger partial charge in [0.2, 0.25) is 10.0 Å². The molecule has 10 heteroatoms. The van der Waals surface area contributed by atoms with Gasteiger partial charge in [-0.15, -0.1) is 0 Å². The maximum atomic E-state index is 12.7. The van der Waals surface area contributed by atoms with E-state index in [9.17, 15) is 18.0 Å². The molecule has 3 rings (SSSR count). The molecule has 1 amide bonds. The third-order valence-corrected chi connectivity index (χ3v) is 5.89. The molecule has 29 heavy (non-hydrogen) atoms. The highest BCUT2D eigenvalue weighted by Crippen LogP contribution is 2.20. The second-order valence-corrected chi connectivity index (χ2v) is 7.99. The van der Waals surface area contributed by atoms with Crippen LogP contribution < -0.4 is 5.32 Å². The summed E-state index contributed by atoms with van der Waals surface area (Å²) in [5.74, 6) is -0.824. The van der Waals surface area contributed by atoms with Crippen LogP contribution in [0, 0.1) is 0 Å². The van der Waals surface area contributed by atoms with Crippen LogP contribution in [0.1, 0.15) is 5.76 Å². The summed E-state index contributed by atoms with van der Waals surface area (Å²) in [4.78, 5) is 23.7. The first-order valence-electron chi connectivity index (χ1n) is 8.81. The minimum atomic E-state index is -3.68. The second-order valence-electron chi connectivity index (χ2n) is 6.05. The van der Waals surface area contributed by atoms with E-state index in [2.05, 4.69) is 5.32 Å². The summed E-state index contributed by atoms with van der Waals surface area (Å²) < 4.78 is 41.8. The molecule has 0 aliphatic carbocycles. The number of hydrogen-bond donors (Lipinski definition) is 1. The van der Waals surface area contributed by atoms with E-state index in [4.69, 9.17) is 13.9 Å². The smallest absolute Gasteiger partial charge is 0.331 e. The Morgan fingerprint density at radius 1 is 1.17 bits per heavy atom. The number of morpholine rings is 1. The first-order valence-corrected chi connectivity index (χ1v) is 10.3. The van der Waals surface area contributed by atoms with E-state index >= 15 is 0 Å². The zero-order chi connectivity index (χ0) is 20.7. The van der Waals surface area contributed by atoms with Crippen LogP contribution in [0.15, 0.2) is 58.1 Å². The quantitative estimate of drug-likeness (QED) is 0.533. The third kappa shape index (κ3) is 5.76. The van der Waals surface area contributed by atoms with Crippen molar-refractivity contribution < 1.29 is 31.9 Å². The lowest BCUT2D eigenvalue weighted by molar-refractivity contribution is -0.142. The van der Waals surface area contributed by atoms with Gasteiger partial charge in [-0.1, -0.05) is 6.07 Å². The molecular weight excluding hydrogens is 400 g/mol. The SMILES string of the molecule is O=C(COC(=O)C=Cc1ccco1)Nc1cccc(S(=O)(=O)N2CCOCC2)c1. The molecule has 0 radical (unpaired) electrons. The van der Waals surface area contributed by atoms with Gasteiger partial charge in [0, 0.05) is 24.9 Å². The number of nitrogens with zero attached hydrogens (tertiary/aromatic N) is 1. The monoisotopic (exact) mass is 420 g/mol. The van der Waals surface area contributed by atoms with Crippen LogP contribution in [0.2, 0.25) is 0 Å². The lowest BCUT2D eigenvalue weighted by atomic mass is 10.3. The Morgan fingerprint density at radius 2 is 1.97 bits per heavy atom. The number of esters is 1. The average molecular weight is 420 g/mol. The van der Waals surface area contributed by atoms with E-state index in [1.165, 1.54) is 34.8 Å². The molecule has 154 valence electrons. The van der Waals surface area contributed by atoms with Crippen molar-refractivity contribution in [3.8, 4) is 0 Å². The highest BCUT2D eigenvalue weighted by Gasteiger charge is 2.26. The molecule has 2 heterocycles. The summed E-state index contributed by atoms with van der Waals surface area (Å²) in [7, 11) is -3.68. The summed E-state index contributed by atoms with van der Waals surface area (Å²) in [5, 5.41) is 2.52. The Labute approximate surface area is 167 Å². The summed E-state index contributed by atoms with van der Waals surface area (Å²) >= 11 is 0. The molecule has 9 nitrogen and oxygen atoms in total. The number of benzene rings is 1. The van der Waals surface area contributed by atoms with Crippen molar-refractivity contribution in [1.82, 2.24) is 4.31 Å². The van der Waals surface area contributed by atoms with E-state index < -0.39 is 28.5 Å². The molecule has 0 bridgehead atoms. The Kier molecular flexibility index (Phi) is 6.81. The molecule has 1 aliphatic heterocycles. The molecule has 1 aromatic carbocycles. The zero-order valence-electron chi connectivity index (χ0n) is 15.4. The molecule has 2 aromatic rings. The zero-order valence-corrected chi connectivity index (χ0v) is 16.3. The summed E-state index contributed by atoms with van der Waals surface area (Å²) in [6.07, 6.45) is 4.02. The van der Waals surface area contributed by atoms with Gasteiger partial charge in [-0.2, -0.15) is 4.31 Å². The molecule has 1 fully saturated rings. The van der Waals surface area contributed by atoms with E-state index in [0.717, 1.165) is 6.08 Å². The van der Waals surface area contributed by atoms with Crippen molar-refractivity contribution in [2.45, 2.75) is 4.90 Å². The van der Waals surface area contributed by atoms with Gasteiger partial charge in [-0.3, -0.25) is 4.79 Å². The number of sulfonamides is 1. The Morgan fingerprint density at radius 3 is 2.69 bits per heavy atom. The highest BCUT2D eigenvalue weighted by atomic mass is 32.2. The first-order chi connectivity index (χ1) is 13.9. The standard InChI is InChI=1S/C19H20N2O7S/c22-18(14-28-19(23)7-6-16-4-2-10-27-16)20-15-3-1-5-17(13-15)29(24,25)21-8-11-26-12-9-21/h1-7,10,13H,8-9,11-12,14H2,(H,20,22). The van der Waals surface area contributed by atoms with Crippen molar-refractivity contribution in [3.63, 3.8) is 0 Å². The van der Waals surface area contributed by atoms with Gasteiger partial charge >= 0.3 is 5.97 Å². The van der Waals surface area contributed by atoms with Gasteiger partial charge in [0.1, 0.15) is 5.76 Å². The van der Waals surface area contributed by atoms with Crippen molar-refractivity contribution in [3.05, 3.63) is 54.5 Å². The number of carbonyl (C=O) groups excluding carboxylic acids is 2. The lowest BCUT2D eigenvalue weighted by Gasteiger charge is -2.26. The molecular formula is C19H20N2O7S. The minimum absolute atomic E-state index is 0.0653. The van der Waals surface area contributed by atoms with E-state index in [-0.39, 0.29) is 23.7 Å². The summed E-state index contributed by atoms with van der Waals surface area (Å²) in [6, 6.07) is 9.23. The van der Waals surface area contributed by atoms with E-state index in [0.29, 0.717) is 19.0 Å². The number of carbonyl (C=O) groups is 2. The molecule has 0 unspecified atom stereocenters. The van der Waals surface area contributed by atoms with Crippen LogP contribution in [-0.2, 0) is 29.1 Å². The Hall–Kier alpha value is -2.95. The van der Waals surface area contributed by atoms with Crippen LogP contribution in [0.3, 0.4) is 0 Å². The van der Waals surface area contributed by atoms with Crippen molar-refractivity contribution >= 4 is 33.7 Å². The predicted molar refractivity (Wildman–Crippen MR) is 103 cm³/mol. The van der Waals surface area contributed by atoms with Crippen LogP contribution in [0.25, 0.3) is 6.08 Å². The van der Waals surface area contributed by atoms with Crippen molar-refractivity contribution in [1.29, 1.82) is 0 Å². The van der Waals surface area contributed by atoms with Crippen molar-refractivity contribution in [2.75, 3.05) is 38.2 Å². The van der Waals surface area contributed by atoms with Gasteiger partial charge in [-0.25, -0.2) is 13.2 Å². The number of furan rings is 1. The number of nitrogens with one attached hydrogen (secondary N) is 1. The molecule has 0 spiro atoms. The van der Waals surface area contributed by atoms with Gasteiger partial charge in [-0.05, 0) is 36.4 Å². The van der Waals surface area contributed by atoms with E-state index in [1.807, 2.05) is 0 Å². The molecule has 1 aromatic heterocycles. The summed E-state index contributed by atoms with van der Waals surface area (Å²) in [6.45, 7) is 0.730. The van der Waals surface area contributed by atoms with E-state index in [1.54, 1.807) is 18.2 Å². The number of ether oxygens (including phenoxy) is 2. The average Bonchev–Trinajstić information content (AvgIpc) is 3.25. The van der Waals surface area contributed by atoms with Gasteiger partial charge in [0.05, 0.1) is 24.4 Å². The maximum absolute atomic E-state index is 12.7. The van der Waals surface area contributed by atoms with Crippen LogP contribution in [0.5, 0.6) is 0 Å². The number of rotatable bonds is 7. The van der Waals surface area contributed by atoms with Gasteiger partial charge in [0.25, 0.3) is 5.91 Å². The molecule has 1 aliphatic rings. The third-order valence-electron chi connectivity index (χ3n) is 4.00. The topological polar surface area (TPSA) is 115 Å². The predicted octanol–water partition coefficient (Wildman–Crippen LogP) is 1.50.